The Balaban J connectivity index is 1.40. The van der Waals surface area contributed by atoms with Crippen molar-refractivity contribution in [3.8, 4) is 21.8 Å². The first kappa shape index (κ1) is 20.6. The van der Waals surface area contributed by atoms with E-state index in [9.17, 15) is 9.59 Å². The van der Waals surface area contributed by atoms with Gasteiger partial charge in [-0.05, 0) is 11.4 Å². The number of hydrogen-bond acceptors (Lipinski definition) is 5. The molecular formula is C25H21N3O2S2. The van der Waals surface area contributed by atoms with Crippen LogP contribution in [-0.2, 0) is 0 Å². The Bertz CT molecular complexity index is 1210. The number of piperazine rings is 1. The Kier molecular flexibility index (Phi) is 5.83. The summed E-state index contributed by atoms with van der Waals surface area (Å²) in [5.41, 5.74) is 2.65. The third-order valence-electron chi connectivity index (χ3n) is 5.48. The zero-order valence-electron chi connectivity index (χ0n) is 17.3. The van der Waals surface area contributed by atoms with Crippen molar-refractivity contribution >= 4 is 34.5 Å². The van der Waals surface area contributed by atoms with Crippen LogP contribution < -0.4 is 0 Å². The number of thiophene rings is 1. The molecule has 0 aliphatic carbocycles. The van der Waals surface area contributed by atoms with E-state index in [4.69, 9.17) is 4.98 Å². The van der Waals surface area contributed by atoms with Crippen LogP contribution in [0.1, 0.15) is 19.3 Å². The van der Waals surface area contributed by atoms with Crippen LogP contribution in [0.5, 0.6) is 0 Å². The van der Waals surface area contributed by atoms with Crippen molar-refractivity contribution in [2.75, 3.05) is 26.2 Å². The van der Waals surface area contributed by atoms with Crippen LogP contribution in [-0.4, -0.2) is 52.8 Å². The van der Waals surface area contributed by atoms with E-state index in [1.165, 1.54) is 22.7 Å². The number of benzene rings is 2. The van der Waals surface area contributed by atoms with Crippen molar-refractivity contribution in [3.63, 3.8) is 0 Å². The molecule has 2 aromatic carbocycles. The number of carbonyl (C=O) groups excluding carboxylic acids is 2. The van der Waals surface area contributed by atoms with E-state index < -0.39 is 0 Å². The van der Waals surface area contributed by atoms with Crippen LogP contribution in [0, 0.1) is 0 Å². The minimum atomic E-state index is -0.0215. The maximum Gasteiger partial charge on any atom is 0.266 e. The number of carbonyl (C=O) groups is 2. The molecule has 1 fully saturated rings. The molecule has 4 aromatic rings. The standard InChI is InChI=1S/C25H21N3O2S2/c29-24(20-12-7-17-31-20)27-13-15-28(16-14-27)25(30)22-21(18-8-3-1-4-9-18)26-23(32-22)19-10-5-2-6-11-19/h1-12,17H,13-16H2. The molecule has 5 rings (SSSR count). The van der Waals surface area contributed by atoms with Gasteiger partial charge in [0.2, 0.25) is 0 Å². The normalized spacial score (nSPS) is 13.9. The molecular weight excluding hydrogens is 438 g/mol. The fourth-order valence-corrected chi connectivity index (χ4v) is 5.52. The Labute approximate surface area is 194 Å². The van der Waals surface area contributed by atoms with Crippen molar-refractivity contribution in [1.82, 2.24) is 14.8 Å². The van der Waals surface area contributed by atoms with E-state index in [0.717, 1.165) is 26.7 Å². The molecule has 32 heavy (non-hydrogen) atoms. The number of amides is 2. The molecule has 1 aliphatic rings. The highest BCUT2D eigenvalue weighted by atomic mass is 32.1. The summed E-state index contributed by atoms with van der Waals surface area (Å²) in [7, 11) is 0. The maximum atomic E-state index is 13.5. The number of rotatable bonds is 4. The molecule has 2 amide bonds. The lowest BCUT2D eigenvalue weighted by atomic mass is 10.1. The van der Waals surface area contributed by atoms with Gasteiger partial charge in [0.05, 0.1) is 10.6 Å². The van der Waals surface area contributed by atoms with Gasteiger partial charge in [-0.3, -0.25) is 9.59 Å². The Morgan fingerprint density at radius 1 is 0.719 bits per heavy atom. The minimum absolute atomic E-state index is 0.0215. The predicted molar refractivity (Wildman–Crippen MR) is 129 cm³/mol. The summed E-state index contributed by atoms with van der Waals surface area (Å²) >= 11 is 2.88. The first-order chi connectivity index (χ1) is 15.7. The smallest absolute Gasteiger partial charge is 0.266 e. The molecule has 160 valence electrons. The van der Waals surface area contributed by atoms with Gasteiger partial charge in [0.15, 0.2) is 0 Å². The lowest BCUT2D eigenvalue weighted by molar-refractivity contribution is 0.0541. The van der Waals surface area contributed by atoms with E-state index >= 15 is 0 Å². The van der Waals surface area contributed by atoms with Gasteiger partial charge >= 0.3 is 0 Å². The average molecular weight is 460 g/mol. The van der Waals surface area contributed by atoms with Gasteiger partial charge in [-0.15, -0.1) is 22.7 Å². The van der Waals surface area contributed by atoms with E-state index in [0.29, 0.717) is 31.1 Å². The highest BCUT2D eigenvalue weighted by molar-refractivity contribution is 7.17. The first-order valence-electron chi connectivity index (χ1n) is 10.4. The van der Waals surface area contributed by atoms with Crippen molar-refractivity contribution in [2.45, 2.75) is 0 Å². The van der Waals surface area contributed by atoms with E-state index in [-0.39, 0.29) is 11.8 Å². The summed E-state index contributed by atoms with van der Waals surface area (Å²) in [4.78, 5) is 36.1. The largest absolute Gasteiger partial charge is 0.334 e. The third kappa shape index (κ3) is 4.09. The molecule has 0 unspecified atom stereocenters. The fourth-order valence-electron chi connectivity index (χ4n) is 3.77. The first-order valence-corrected chi connectivity index (χ1v) is 12.1. The summed E-state index contributed by atoms with van der Waals surface area (Å²) < 4.78 is 0. The number of thiazole rings is 1. The minimum Gasteiger partial charge on any atom is -0.334 e. The molecule has 0 atom stereocenters. The summed E-state index contributed by atoms with van der Waals surface area (Å²) in [5.74, 6) is 0.0213. The molecule has 7 heteroatoms. The summed E-state index contributed by atoms with van der Waals surface area (Å²) in [6.07, 6.45) is 0. The summed E-state index contributed by atoms with van der Waals surface area (Å²) in [5, 5.41) is 2.74. The van der Waals surface area contributed by atoms with Crippen LogP contribution >= 0.6 is 22.7 Å². The van der Waals surface area contributed by atoms with Gasteiger partial charge in [0.25, 0.3) is 11.8 Å². The molecule has 2 aromatic heterocycles. The van der Waals surface area contributed by atoms with Gasteiger partial charge in [-0.25, -0.2) is 4.98 Å². The van der Waals surface area contributed by atoms with Crippen molar-refractivity contribution in [3.05, 3.63) is 87.9 Å². The quantitative estimate of drug-likeness (QED) is 0.425. The zero-order chi connectivity index (χ0) is 21.9. The maximum absolute atomic E-state index is 13.5. The highest BCUT2D eigenvalue weighted by Gasteiger charge is 2.29. The van der Waals surface area contributed by atoms with Crippen molar-refractivity contribution in [1.29, 1.82) is 0 Å². The van der Waals surface area contributed by atoms with Crippen LogP contribution in [0.15, 0.2) is 78.2 Å². The van der Waals surface area contributed by atoms with Crippen LogP contribution in [0.25, 0.3) is 21.8 Å². The number of nitrogens with zero attached hydrogens (tertiary/aromatic N) is 3. The average Bonchev–Trinajstić information content (AvgIpc) is 3.55. The van der Waals surface area contributed by atoms with Gasteiger partial charge < -0.3 is 9.80 Å². The topological polar surface area (TPSA) is 53.5 Å². The van der Waals surface area contributed by atoms with Crippen LogP contribution in [0.4, 0.5) is 0 Å². The summed E-state index contributed by atoms with van der Waals surface area (Å²) in [6, 6.07) is 23.5. The third-order valence-corrected chi connectivity index (χ3v) is 7.43. The summed E-state index contributed by atoms with van der Waals surface area (Å²) in [6.45, 7) is 2.10. The monoisotopic (exact) mass is 459 g/mol. The Hall–Kier alpha value is -3.29. The van der Waals surface area contributed by atoms with E-state index in [1.54, 1.807) is 0 Å². The lowest BCUT2D eigenvalue weighted by Gasteiger charge is -2.34. The van der Waals surface area contributed by atoms with Gasteiger partial charge in [-0.1, -0.05) is 66.7 Å². The van der Waals surface area contributed by atoms with E-state index in [2.05, 4.69) is 0 Å². The van der Waals surface area contributed by atoms with Crippen molar-refractivity contribution < 1.29 is 9.59 Å². The lowest BCUT2D eigenvalue weighted by Crippen LogP contribution is -2.50. The van der Waals surface area contributed by atoms with Gasteiger partial charge in [0, 0.05) is 37.3 Å². The Morgan fingerprint density at radius 3 is 1.91 bits per heavy atom. The molecule has 1 aliphatic heterocycles. The number of hydrogen-bond donors (Lipinski definition) is 0. The molecule has 0 radical (unpaired) electrons. The SMILES string of the molecule is O=C(c1cccs1)N1CCN(C(=O)c2sc(-c3ccccc3)nc2-c2ccccc2)CC1. The molecule has 0 bridgehead atoms. The second-order valence-corrected chi connectivity index (χ2v) is 9.44. The van der Waals surface area contributed by atoms with E-state index in [1.807, 2.05) is 88.0 Å². The predicted octanol–water partition coefficient (Wildman–Crippen LogP) is 5.14. The molecule has 5 nitrogen and oxygen atoms in total. The van der Waals surface area contributed by atoms with Crippen LogP contribution in [0.2, 0.25) is 0 Å². The van der Waals surface area contributed by atoms with Crippen LogP contribution in [0.3, 0.4) is 0 Å². The molecule has 0 saturated carbocycles. The highest BCUT2D eigenvalue weighted by Crippen LogP contribution is 2.35. The van der Waals surface area contributed by atoms with Crippen molar-refractivity contribution in [2.24, 2.45) is 0 Å². The number of aromatic nitrogens is 1. The fraction of sp³-hybridized carbons (Fsp3) is 0.160. The molecule has 0 N–H and O–H groups in total. The second kappa shape index (κ2) is 9.06. The second-order valence-electron chi connectivity index (χ2n) is 7.49. The Morgan fingerprint density at radius 2 is 1.31 bits per heavy atom. The van der Waals surface area contributed by atoms with Gasteiger partial charge in [-0.2, -0.15) is 0 Å². The van der Waals surface area contributed by atoms with Gasteiger partial charge in [0.1, 0.15) is 9.88 Å². The molecule has 1 saturated heterocycles. The molecule has 3 heterocycles. The zero-order valence-corrected chi connectivity index (χ0v) is 18.9. The molecule has 0 spiro atoms.